The van der Waals surface area contributed by atoms with Crippen LogP contribution in [0, 0.1) is 0 Å². The fourth-order valence-corrected chi connectivity index (χ4v) is 3.73. The molecule has 0 spiro atoms. The van der Waals surface area contributed by atoms with Crippen LogP contribution in [0.4, 0.5) is 17.3 Å². The summed E-state index contributed by atoms with van der Waals surface area (Å²) in [4.78, 5) is 27.2. The predicted molar refractivity (Wildman–Crippen MR) is 135 cm³/mol. The SMILES string of the molecule is CC(C)n1cc(NC(=O)C(C)(C)O)c2cnc(Nc3ccnc(-c4cnn(N(O)C5CC5)c4)n3)cc21. The molecule has 0 radical (unpaired) electrons. The lowest BCUT2D eigenvalue weighted by Gasteiger charge is -2.16. The van der Waals surface area contributed by atoms with Crippen LogP contribution in [0.25, 0.3) is 22.3 Å². The number of carbonyl (C=O) groups excluding carboxylic acids is 1. The molecule has 4 heterocycles. The second-order valence-corrected chi connectivity index (χ2v) is 9.74. The lowest BCUT2D eigenvalue weighted by molar-refractivity contribution is -0.130. The molecule has 0 aliphatic heterocycles. The molecule has 5 rings (SSSR count). The Morgan fingerprint density at radius 1 is 1.19 bits per heavy atom. The van der Waals surface area contributed by atoms with Gasteiger partial charge in [-0.15, -0.1) is 0 Å². The third kappa shape index (κ3) is 4.72. The maximum atomic E-state index is 12.3. The number of rotatable bonds is 8. The van der Waals surface area contributed by atoms with Crippen molar-refractivity contribution in [1.29, 1.82) is 0 Å². The standard InChI is InChI=1S/C24H29N9O3/c1-14(2)31-13-18(28-23(34)24(3,4)35)17-11-26-21(9-19(17)31)29-20-7-8-25-22(30-20)15-10-27-32(12-15)33(36)16-5-6-16/h7-14,16,35-36H,5-6H2,1-4H3,(H,28,34)(H,25,26,29,30). The van der Waals surface area contributed by atoms with Gasteiger partial charge in [0, 0.05) is 36.1 Å². The Kier molecular flexibility index (Phi) is 5.85. The maximum Gasteiger partial charge on any atom is 0.255 e. The van der Waals surface area contributed by atoms with Crippen LogP contribution in [0.2, 0.25) is 0 Å². The van der Waals surface area contributed by atoms with Gasteiger partial charge in [-0.05, 0) is 46.6 Å². The number of amides is 1. The van der Waals surface area contributed by atoms with Crippen LogP contribution in [0.15, 0.2) is 43.1 Å². The quantitative estimate of drug-likeness (QED) is 0.273. The molecular formula is C24H29N9O3. The highest BCUT2D eigenvalue weighted by molar-refractivity contribution is 6.04. The van der Waals surface area contributed by atoms with Crippen molar-refractivity contribution in [2.75, 3.05) is 15.8 Å². The summed E-state index contributed by atoms with van der Waals surface area (Å²) in [7, 11) is 0. The second-order valence-electron chi connectivity index (χ2n) is 9.74. The molecule has 1 aliphatic carbocycles. The number of hydroxylamine groups is 1. The maximum absolute atomic E-state index is 12.3. The van der Waals surface area contributed by atoms with E-state index in [1.165, 1.54) is 18.6 Å². The minimum atomic E-state index is -1.50. The molecule has 0 atom stereocenters. The van der Waals surface area contributed by atoms with Gasteiger partial charge in [0.25, 0.3) is 5.91 Å². The highest BCUT2D eigenvalue weighted by atomic mass is 16.6. The zero-order valence-electron chi connectivity index (χ0n) is 20.5. The van der Waals surface area contributed by atoms with Crippen LogP contribution in [0.5, 0.6) is 0 Å². The van der Waals surface area contributed by atoms with Gasteiger partial charge < -0.3 is 20.3 Å². The summed E-state index contributed by atoms with van der Waals surface area (Å²) >= 11 is 0. The average Bonchev–Trinajstić information content (AvgIpc) is 3.45. The summed E-state index contributed by atoms with van der Waals surface area (Å²) in [6.45, 7) is 6.97. The smallest absolute Gasteiger partial charge is 0.255 e. The van der Waals surface area contributed by atoms with Crippen molar-refractivity contribution in [3.8, 4) is 11.4 Å². The summed E-state index contributed by atoms with van der Waals surface area (Å²) in [5, 5.41) is 32.3. The zero-order valence-corrected chi connectivity index (χ0v) is 20.5. The zero-order chi connectivity index (χ0) is 25.6. The van der Waals surface area contributed by atoms with Crippen molar-refractivity contribution in [3.63, 3.8) is 0 Å². The fraction of sp³-hybridized carbons (Fsp3) is 0.375. The van der Waals surface area contributed by atoms with Gasteiger partial charge in [-0.2, -0.15) is 15.1 Å². The Morgan fingerprint density at radius 2 is 1.97 bits per heavy atom. The summed E-state index contributed by atoms with van der Waals surface area (Å²) in [5.74, 6) is 1.07. The molecule has 12 nitrogen and oxygen atoms in total. The first-order valence-corrected chi connectivity index (χ1v) is 11.8. The van der Waals surface area contributed by atoms with Crippen molar-refractivity contribution in [2.24, 2.45) is 0 Å². The van der Waals surface area contributed by atoms with Crippen molar-refractivity contribution < 1.29 is 15.1 Å². The summed E-state index contributed by atoms with van der Waals surface area (Å²) < 4.78 is 2.03. The third-order valence-corrected chi connectivity index (χ3v) is 5.90. The summed E-state index contributed by atoms with van der Waals surface area (Å²) in [6.07, 6.45) is 10.3. The van der Waals surface area contributed by atoms with E-state index in [0.717, 1.165) is 28.9 Å². The molecule has 1 aliphatic rings. The molecule has 1 amide bonds. The molecule has 4 N–H and O–H groups in total. The Balaban J connectivity index is 1.41. The number of aliphatic hydroxyl groups is 1. The molecule has 12 heteroatoms. The Bertz CT molecular complexity index is 1420. The number of nitrogens with zero attached hydrogens (tertiary/aromatic N) is 7. The van der Waals surface area contributed by atoms with E-state index in [1.54, 1.807) is 30.9 Å². The highest BCUT2D eigenvalue weighted by Crippen LogP contribution is 2.31. The molecule has 1 fully saturated rings. The van der Waals surface area contributed by atoms with Gasteiger partial charge in [0.1, 0.15) is 17.2 Å². The molecule has 188 valence electrons. The van der Waals surface area contributed by atoms with Crippen LogP contribution in [0.3, 0.4) is 0 Å². The topological polar surface area (TPSA) is 146 Å². The second kappa shape index (κ2) is 8.88. The third-order valence-electron chi connectivity index (χ3n) is 5.90. The van der Waals surface area contributed by atoms with E-state index in [2.05, 4.69) is 30.7 Å². The van der Waals surface area contributed by atoms with E-state index in [1.807, 2.05) is 30.7 Å². The molecule has 0 saturated heterocycles. The number of aromatic nitrogens is 6. The van der Waals surface area contributed by atoms with Crippen LogP contribution < -0.4 is 15.8 Å². The minimum absolute atomic E-state index is 0.0985. The first-order valence-electron chi connectivity index (χ1n) is 11.8. The van der Waals surface area contributed by atoms with E-state index in [0.29, 0.717) is 28.7 Å². The number of anilines is 3. The largest absolute Gasteiger partial charge is 0.381 e. The van der Waals surface area contributed by atoms with Gasteiger partial charge in [0.05, 0.1) is 35.2 Å². The van der Waals surface area contributed by atoms with Gasteiger partial charge in [-0.25, -0.2) is 15.0 Å². The normalized spacial score (nSPS) is 13.9. The van der Waals surface area contributed by atoms with E-state index in [4.69, 9.17) is 0 Å². The lowest BCUT2D eigenvalue weighted by Crippen LogP contribution is -2.36. The van der Waals surface area contributed by atoms with Gasteiger partial charge in [-0.1, -0.05) is 0 Å². The van der Waals surface area contributed by atoms with Crippen molar-refractivity contribution in [2.45, 2.75) is 58.2 Å². The number of hydrogen-bond acceptors (Lipinski definition) is 9. The first kappa shape index (κ1) is 23.7. The Morgan fingerprint density at radius 3 is 2.67 bits per heavy atom. The van der Waals surface area contributed by atoms with Crippen LogP contribution >= 0.6 is 0 Å². The monoisotopic (exact) mass is 491 g/mol. The molecule has 0 aromatic carbocycles. The molecule has 0 bridgehead atoms. The number of hydrogen-bond donors (Lipinski definition) is 4. The van der Waals surface area contributed by atoms with E-state index >= 15 is 0 Å². The molecular weight excluding hydrogens is 462 g/mol. The number of carbonyl (C=O) groups is 1. The van der Waals surface area contributed by atoms with Gasteiger partial charge in [-0.3, -0.25) is 10.0 Å². The number of nitrogens with one attached hydrogen (secondary N) is 2. The van der Waals surface area contributed by atoms with Crippen LogP contribution in [-0.2, 0) is 4.79 Å². The molecule has 1 saturated carbocycles. The number of fused-ring (bicyclic) bond motifs is 1. The van der Waals surface area contributed by atoms with Crippen LogP contribution in [-0.4, -0.2) is 57.3 Å². The minimum Gasteiger partial charge on any atom is -0.381 e. The summed E-state index contributed by atoms with van der Waals surface area (Å²) in [5.41, 5.74) is 0.612. The molecule has 0 unspecified atom stereocenters. The lowest BCUT2D eigenvalue weighted by atomic mass is 10.1. The highest BCUT2D eigenvalue weighted by Gasteiger charge is 2.29. The number of pyridine rings is 1. The molecule has 36 heavy (non-hydrogen) atoms. The molecule has 4 aromatic rings. The van der Waals surface area contributed by atoms with Crippen molar-refractivity contribution in [3.05, 3.63) is 43.1 Å². The van der Waals surface area contributed by atoms with E-state index < -0.39 is 11.5 Å². The van der Waals surface area contributed by atoms with Crippen LogP contribution in [0.1, 0.15) is 46.6 Å². The first-order chi connectivity index (χ1) is 17.1. The fourth-order valence-electron chi connectivity index (χ4n) is 3.73. The summed E-state index contributed by atoms with van der Waals surface area (Å²) in [6, 6.07) is 3.84. The van der Waals surface area contributed by atoms with Gasteiger partial charge >= 0.3 is 0 Å². The predicted octanol–water partition coefficient (Wildman–Crippen LogP) is 3.21. The van der Waals surface area contributed by atoms with Gasteiger partial charge in [0.15, 0.2) is 5.82 Å². The van der Waals surface area contributed by atoms with Crippen molar-refractivity contribution >= 4 is 34.1 Å². The molecule has 4 aromatic heterocycles. The van der Waals surface area contributed by atoms with Gasteiger partial charge in [0.2, 0.25) is 0 Å². The van der Waals surface area contributed by atoms with E-state index in [-0.39, 0.29) is 12.1 Å². The Hall–Kier alpha value is -4.03. The van der Waals surface area contributed by atoms with Crippen molar-refractivity contribution in [1.82, 2.24) is 29.4 Å². The average molecular weight is 492 g/mol. The Labute approximate surface area is 207 Å². The van der Waals surface area contributed by atoms with E-state index in [9.17, 15) is 15.1 Å².